The molecule has 8 nitrogen and oxygen atoms in total. The molecule has 0 atom stereocenters. The Hall–Kier alpha value is -2.12. The lowest BCUT2D eigenvalue weighted by molar-refractivity contribution is -0.163. The molecular formula is C10H17NO7. The third-order valence-corrected chi connectivity index (χ3v) is 1.28. The summed E-state index contributed by atoms with van der Waals surface area (Å²) in [6.07, 6.45) is -0.504. The fourth-order valence-electron chi connectivity index (χ4n) is 0.771. The fourth-order valence-corrected chi connectivity index (χ4v) is 0.771. The van der Waals surface area contributed by atoms with Crippen LogP contribution in [-0.4, -0.2) is 43.6 Å². The molecule has 0 aromatic heterocycles. The van der Waals surface area contributed by atoms with Crippen molar-refractivity contribution >= 4 is 24.3 Å². The van der Waals surface area contributed by atoms with Crippen molar-refractivity contribution in [3.63, 3.8) is 0 Å². The van der Waals surface area contributed by atoms with Crippen molar-refractivity contribution in [3.05, 3.63) is 0 Å². The molecule has 1 amide bonds. The van der Waals surface area contributed by atoms with Gasteiger partial charge in [0.25, 0.3) is 0 Å². The normalized spacial score (nSPS) is 8.67. The number of nitrogens with two attached hydrogens (primary N) is 1. The lowest BCUT2D eigenvalue weighted by atomic mass is 10.4. The van der Waals surface area contributed by atoms with Crippen molar-refractivity contribution in [2.24, 2.45) is 5.73 Å². The summed E-state index contributed by atoms with van der Waals surface area (Å²) in [5.41, 5.74) is 4.17. The van der Waals surface area contributed by atoms with E-state index in [-0.39, 0.29) is 19.6 Å². The van der Waals surface area contributed by atoms with E-state index in [0.29, 0.717) is 0 Å². The summed E-state index contributed by atoms with van der Waals surface area (Å²) >= 11 is 0. The highest BCUT2D eigenvalue weighted by atomic mass is 16.6. The monoisotopic (exact) mass is 263 g/mol. The highest BCUT2D eigenvalue weighted by Crippen LogP contribution is 1.97. The van der Waals surface area contributed by atoms with Gasteiger partial charge in [0.2, 0.25) is 6.41 Å². The van der Waals surface area contributed by atoms with Gasteiger partial charge in [-0.25, -0.2) is 0 Å². The molecule has 0 aromatic rings. The fraction of sp³-hybridized carbons (Fsp3) is 0.600. The van der Waals surface area contributed by atoms with Gasteiger partial charge in [0, 0.05) is 20.8 Å². The van der Waals surface area contributed by atoms with Crippen molar-refractivity contribution in [2.75, 3.05) is 13.2 Å². The van der Waals surface area contributed by atoms with Crippen LogP contribution < -0.4 is 5.73 Å². The third kappa shape index (κ3) is 16.3. The first-order valence-corrected chi connectivity index (χ1v) is 4.92. The van der Waals surface area contributed by atoms with E-state index in [9.17, 15) is 14.4 Å². The minimum atomic E-state index is -0.754. The van der Waals surface area contributed by atoms with E-state index in [4.69, 9.17) is 9.53 Å². The van der Waals surface area contributed by atoms with Gasteiger partial charge >= 0.3 is 17.9 Å². The Bertz CT molecular complexity index is 272. The summed E-state index contributed by atoms with van der Waals surface area (Å²) in [6.45, 7) is 3.44. The molecule has 0 saturated heterocycles. The summed E-state index contributed by atoms with van der Waals surface area (Å²) in [7, 11) is 0. The van der Waals surface area contributed by atoms with Crippen LogP contribution in [0.25, 0.3) is 0 Å². The third-order valence-electron chi connectivity index (χ3n) is 1.28. The number of rotatable bonds is 5. The summed E-state index contributed by atoms with van der Waals surface area (Å²) in [6, 6.07) is 0. The Morgan fingerprint density at radius 3 is 1.56 bits per heavy atom. The van der Waals surface area contributed by atoms with Crippen LogP contribution in [0.5, 0.6) is 0 Å². The Morgan fingerprint density at radius 2 is 1.33 bits per heavy atom. The van der Waals surface area contributed by atoms with E-state index in [1.165, 1.54) is 20.8 Å². The first-order valence-electron chi connectivity index (χ1n) is 4.92. The maximum Gasteiger partial charge on any atom is 0.303 e. The molecule has 8 heteroatoms. The molecule has 18 heavy (non-hydrogen) atoms. The van der Waals surface area contributed by atoms with Crippen LogP contribution in [0, 0.1) is 0 Å². The highest BCUT2D eigenvalue weighted by molar-refractivity contribution is 5.67. The Labute approximate surface area is 104 Å². The Kier molecular flexibility index (Phi) is 11.5. The van der Waals surface area contributed by atoms with E-state index < -0.39 is 24.0 Å². The Morgan fingerprint density at radius 1 is 1.00 bits per heavy atom. The first-order chi connectivity index (χ1) is 8.33. The molecule has 104 valence electrons. The molecule has 0 heterocycles. The van der Waals surface area contributed by atoms with Gasteiger partial charge < -0.3 is 19.9 Å². The Balaban J connectivity index is 0. The van der Waals surface area contributed by atoms with E-state index >= 15 is 0 Å². The average molecular weight is 263 g/mol. The molecule has 0 rings (SSSR count). The molecular weight excluding hydrogens is 246 g/mol. The standard InChI is InChI=1S/C9H14O6.CH3NO/c1-6(10)13-4-9(15-8(3)12)5-14-7(2)11;2-1-3/h9H,4-5H2,1-3H3;1H,(H2,2,3). The van der Waals surface area contributed by atoms with Gasteiger partial charge in [-0.3, -0.25) is 19.2 Å². The maximum absolute atomic E-state index is 10.6. The zero-order valence-electron chi connectivity index (χ0n) is 10.5. The number of primary amides is 1. The van der Waals surface area contributed by atoms with Gasteiger partial charge in [-0.1, -0.05) is 0 Å². The zero-order chi connectivity index (χ0) is 14.6. The van der Waals surface area contributed by atoms with Crippen molar-refractivity contribution in [1.82, 2.24) is 0 Å². The molecule has 0 unspecified atom stereocenters. The quantitative estimate of drug-likeness (QED) is 0.389. The SMILES string of the molecule is CC(=O)OCC(COC(C)=O)OC(C)=O.NC=O. The number of esters is 3. The van der Waals surface area contributed by atoms with Gasteiger partial charge in [0.1, 0.15) is 13.2 Å². The molecule has 0 fully saturated rings. The number of carbonyl (C=O) groups is 4. The summed E-state index contributed by atoms with van der Waals surface area (Å²) in [4.78, 5) is 40.2. The van der Waals surface area contributed by atoms with Crippen LogP contribution in [0.2, 0.25) is 0 Å². The predicted octanol–water partition coefficient (Wildman–Crippen LogP) is -0.854. The highest BCUT2D eigenvalue weighted by Gasteiger charge is 2.15. The van der Waals surface area contributed by atoms with E-state index in [2.05, 4.69) is 15.2 Å². The second-order valence-electron chi connectivity index (χ2n) is 2.97. The largest absolute Gasteiger partial charge is 0.462 e. The molecule has 0 aliphatic heterocycles. The topological polar surface area (TPSA) is 122 Å². The van der Waals surface area contributed by atoms with Crippen molar-refractivity contribution in [2.45, 2.75) is 26.9 Å². The van der Waals surface area contributed by atoms with Crippen LogP contribution in [0.4, 0.5) is 0 Å². The van der Waals surface area contributed by atoms with Gasteiger partial charge in [0.15, 0.2) is 6.10 Å². The molecule has 0 aliphatic rings. The lowest BCUT2D eigenvalue weighted by Crippen LogP contribution is -2.29. The van der Waals surface area contributed by atoms with Crippen LogP contribution >= 0.6 is 0 Å². The molecule has 0 aliphatic carbocycles. The van der Waals surface area contributed by atoms with Crippen LogP contribution in [-0.2, 0) is 33.4 Å². The van der Waals surface area contributed by atoms with E-state index in [0.717, 1.165) is 0 Å². The van der Waals surface area contributed by atoms with Gasteiger partial charge in [0.05, 0.1) is 0 Å². The molecule has 0 spiro atoms. The number of ether oxygens (including phenoxy) is 3. The van der Waals surface area contributed by atoms with E-state index in [1.54, 1.807) is 0 Å². The van der Waals surface area contributed by atoms with Crippen molar-refractivity contribution < 1.29 is 33.4 Å². The first kappa shape index (κ1) is 18.3. The average Bonchev–Trinajstić information content (AvgIpc) is 2.22. The zero-order valence-corrected chi connectivity index (χ0v) is 10.5. The van der Waals surface area contributed by atoms with Crippen LogP contribution in [0.1, 0.15) is 20.8 Å². The lowest BCUT2D eigenvalue weighted by Gasteiger charge is -2.15. The number of amides is 1. The van der Waals surface area contributed by atoms with Crippen LogP contribution in [0.3, 0.4) is 0 Å². The molecule has 0 saturated carbocycles. The maximum atomic E-state index is 10.6. The second-order valence-corrected chi connectivity index (χ2v) is 2.97. The minimum Gasteiger partial charge on any atom is -0.462 e. The number of hydrogen-bond acceptors (Lipinski definition) is 7. The van der Waals surface area contributed by atoms with Gasteiger partial charge in [-0.2, -0.15) is 0 Å². The molecule has 0 aromatic carbocycles. The summed E-state index contributed by atoms with van der Waals surface area (Å²) in [5, 5.41) is 0. The smallest absolute Gasteiger partial charge is 0.303 e. The van der Waals surface area contributed by atoms with Crippen LogP contribution in [0.15, 0.2) is 0 Å². The second kappa shape index (κ2) is 11.4. The molecule has 0 radical (unpaired) electrons. The summed E-state index contributed by atoms with van der Waals surface area (Å²) in [5.74, 6) is -1.51. The number of carbonyl (C=O) groups excluding carboxylic acids is 4. The van der Waals surface area contributed by atoms with Gasteiger partial charge in [-0.05, 0) is 0 Å². The van der Waals surface area contributed by atoms with Gasteiger partial charge in [-0.15, -0.1) is 0 Å². The molecule has 0 bridgehead atoms. The summed E-state index contributed by atoms with van der Waals surface area (Å²) < 4.78 is 14.0. The number of hydrogen-bond donors (Lipinski definition) is 1. The van der Waals surface area contributed by atoms with Crippen molar-refractivity contribution in [3.8, 4) is 0 Å². The predicted molar refractivity (Wildman–Crippen MR) is 59.1 cm³/mol. The minimum absolute atomic E-state index is 0.123. The molecule has 2 N–H and O–H groups in total. The van der Waals surface area contributed by atoms with E-state index in [1.807, 2.05) is 0 Å². The van der Waals surface area contributed by atoms with Crippen molar-refractivity contribution in [1.29, 1.82) is 0 Å².